The Morgan fingerprint density at radius 3 is 2.47 bits per heavy atom. The number of nitrogens with one attached hydrogen (secondary N) is 1. The van der Waals surface area contributed by atoms with Gasteiger partial charge in [-0.2, -0.15) is 0 Å². The summed E-state index contributed by atoms with van der Waals surface area (Å²) in [6.45, 7) is 4.61. The first-order chi connectivity index (χ1) is 8.59. The fourth-order valence-corrected chi connectivity index (χ4v) is 2.68. The van der Waals surface area contributed by atoms with Gasteiger partial charge in [0.15, 0.2) is 0 Å². The fourth-order valence-electron chi connectivity index (χ4n) is 1.26. The molecule has 1 aromatic heterocycles. The van der Waals surface area contributed by atoms with E-state index in [1.54, 1.807) is 13.8 Å². The Morgan fingerprint density at radius 2 is 2.05 bits per heavy atom. The summed E-state index contributed by atoms with van der Waals surface area (Å²) in [4.78, 5) is 10.5. The first kappa shape index (κ1) is 15.7. The molecule has 0 saturated heterocycles. The van der Waals surface area contributed by atoms with Gasteiger partial charge in [0.1, 0.15) is 10.7 Å². The Labute approximate surface area is 111 Å². The lowest BCUT2D eigenvalue weighted by atomic mass is 9.96. The first-order valence-electron chi connectivity index (χ1n) is 5.53. The molecular formula is C11H17NO6S. The summed E-state index contributed by atoms with van der Waals surface area (Å²) < 4.78 is 31.2. The van der Waals surface area contributed by atoms with Crippen LogP contribution >= 0.6 is 0 Å². The van der Waals surface area contributed by atoms with Crippen LogP contribution in [0.4, 0.5) is 0 Å². The maximum atomic E-state index is 12.0. The minimum Gasteiger partial charge on any atom is -0.475 e. The summed E-state index contributed by atoms with van der Waals surface area (Å²) in [6.07, 6.45) is 0. The third-order valence-corrected chi connectivity index (χ3v) is 4.05. The second-order valence-electron chi connectivity index (χ2n) is 4.98. The molecule has 7 nitrogen and oxygen atoms in total. The molecule has 0 unspecified atom stereocenters. The fraction of sp³-hybridized carbons (Fsp3) is 0.545. The molecule has 1 rings (SSSR count). The number of sulfonamides is 1. The van der Waals surface area contributed by atoms with Crippen molar-refractivity contribution in [1.29, 1.82) is 0 Å². The van der Waals surface area contributed by atoms with E-state index in [1.165, 1.54) is 6.92 Å². The van der Waals surface area contributed by atoms with Crippen LogP contribution in [-0.4, -0.2) is 37.8 Å². The number of rotatable bonds is 6. The van der Waals surface area contributed by atoms with Gasteiger partial charge in [-0.25, -0.2) is 17.9 Å². The largest absolute Gasteiger partial charge is 0.475 e. The van der Waals surface area contributed by atoms with Crippen molar-refractivity contribution in [2.24, 2.45) is 5.41 Å². The molecule has 108 valence electrons. The van der Waals surface area contributed by atoms with Crippen LogP contribution in [0.5, 0.6) is 0 Å². The van der Waals surface area contributed by atoms with Crippen LogP contribution in [0.2, 0.25) is 0 Å². The molecule has 3 N–H and O–H groups in total. The molecule has 0 saturated carbocycles. The smallest absolute Gasteiger partial charge is 0.371 e. The predicted octanol–water partition coefficient (Wildman–Crippen LogP) is 0.583. The van der Waals surface area contributed by atoms with Crippen LogP contribution in [-0.2, 0) is 10.0 Å². The standard InChI is InChI=1S/C11H17NO6S/c1-7-9(4-8(18-7)10(14)15)19(16,17)12-5-11(2,3)6-13/h4,12-13H,5-6H2,1-3H3,(H,14,15). The van der Waals surface area contributed by atoms with E-state index in [0.29, 0.717) is 0 Å². The number of carboxylic acids is 1. The monoisotopic (exact) mass is 291 g/mol. The molecule has 19 heavy (non-hydrogen) atoms. The van der Waals surface area contributed by atoms with Gasteiger partial charge in [-0.15, -0.1) is 0 Å². The van der Waals surface area contributed by atoms with E-state index >= 15 is 0 Å². The van der Waals surface area contributed by atoms with Gasteiger partial charge in [-0.05, 0) is 6.92 Å². The highest BCUT2D eigenvalue weighted by Crippen LogP contribution is 2.21. The first-order valence-corrected chi connectivity index (χ1v) is 7.01. The van der Waals surface area contributed by atoms with Gasteiger partial charge >= 0.3 is 5.97 Å². The highest BCUT2D eigenvalue weighted by molar-refractivity contribution is 7.89. The quantitative estimate of drug-likeness (QED) is 0.706. The SMILES string of the molecule is Cc1oc(C(=O)O)cc1S(=O)(=O)NCC(C)(C)CO. The normalized spacial score (nSPS) is 12.6. The summed E-state index contributed by atoms with van der Waals surface area (Å²) in [6, 6.07) is 0.964. The van der Waals surface area contributed by atoms with E-state index in [1.807, 2.05) is 0 Å². The Hall–Kier alpha value is -1.38. The van der Waals surface area contributed by atoms with Gasteiger partial charge in [0.05, 0.1) is 0 Å². The van der Waals surface area contributed by atoms with Crippen molar-refractivity contribution in [3.8, 4) is 0 Å². The Kier molecular flexibility index (Phi) is 4.39. The number of furan rings is 1. The van der Waals surface area contributed by atoms with E-state index in [0.717, 1.165) is 6.07 Å². The van der Waals surface area contributed by atoms with E-state index in [4.69, 9.17) is 14.6 Å². The van der Waals surface area contributed by atoms with Crippen LogP contribution in [0.25, 0.3) is 0 Å². The molecule has 0 atom stereocenters. The lowest BCUT2D eigenvalue weighted by molar-refractivity contribution is 0.0661. The van der Waals surface area contributed by atoms with Crippen LogP contribution in [0.3, 0.4) is 0 Å². The van der Waals surface area contributed by atoms with Gasteiger partial charge < -0.3 is 14.6 Å². The summed E-state index contributed by atoms with van der Waals surface area (Å²) in [5.74, 6) is -1.76. The molecule has 0 amide bonds. The van der Waals surface area contributed by atoms with E-state index in [-0.39, 0.29) is 23.8 Å². The van der Waals surface area contributed by atoms with Crippen LogP contribution in [0.15, 0.2) is 15.4 Å². The molecule has 0 spiro atoms. The van der Waals surface area contributed by atoms with Crippen molar-refractivity contribution >= 4 is 16.0 Å². The third-order valence-electron chi connectivity index (χ3n) is 2.54. The number of aliphatic hydroxyl groups excluding tert-OH is 1. The number of aryl methyl sites for hydroxylation is 1. The van der Waals surface area contributed by atoms with Crippen LogP contribution in [0, 0.1) is 12.3 Å². The van der Waals surface area contributed by atoms with Gasteiger partial charge in [-0.1, -0.05) is 13.8 Å². The number of carboxylic acid groups (broad SMARTS) is 1. The number of hydrogen-bond donors (Lipinski definition) is 3. The lowest BCUT2D eigenvalue weighted by Crippen LogP contribution is -2.36. The molecular weight excluding hydrogens is 274 g/mol. The van der Waals surface area contributed by atoms with E-state index in [9.17, 15) is 13.2 Å². The average molecular weight is 291 g/mol. The zero-order valence-electron chi connectivity index (χ0n) is 10.9. The number of carbonyl (C=O) groups is 1. The third kappa shape index (κ3) is 3.79. The minimum absolute atomic E-state index is 0.00621. The zero-order chi connectivity index (χ0) is 14.8. The van der Waals surface area contributed by atoms with Gasteiger partial charge in [0, 0.05) is 24.6 Å². The van der Waals surface area contributed by atoms with E-state index < -0.39 is 27.2 Å². The molecule has 1 heterocycles. The summed E-state index contributed by atoms with van der Waals surface area (Å²) in [7, 11) is -3.87. The lowest BCUT2D eigenvalue weighted by Gasteiger charge is -2.21. The molecule has 0 aromatic carbocycles. The molecule has 0 aliphatic heterocycles. The topological polar surface area (TPSA) is 117 Å². The van der Waals surface area contributed by atoms with Crippen molar-refractivity contribution in [2.45, 2.75) is 25.7 Å². The van der Waals surface area contributed by atoms with Gasteiger partial charge in [-0.3, -0.25) is 0 Å². The second kappa shape index (κ2) is 5.32. The van der Waals surface area contributed by atoms with Gasteiger partial charge in [0.25, 0.3) is 0 Å². The molecule has 0 radical (unpaired) electrons. The number of aliphatic hydroxyl groups is 1. The van der Waals surface area contributed by atoms with Crippen molar-refractivity contribution < 1.29 is 27.8 Å². The molecule has 0 fully saturated rings. The van der Waals surface area contributed by atoms with Crippen LogP contribution < -0.4 is 4.72 Å². The van der Waals surface area contributed by atoms with Gasteiger partial charge in [0.2, 0.25) is 15.8 Å². The van der Waals surface area contributed by atoms with Crippen molar-refractivity contribution in [1.82, 2.24) is 4.72 Å². The maximum Gasteiger partial charge on any atom is 0.371 e. The predicted molar refractivity (Wildman–Crippen MR) is 66.5 cm³/mol. The second-order valence-corrected chi connectivity index (χ2v) is 6.72. The van der Waals surface area contributed by atoms with Crippen molar-refractivity contribution in [2.75, 3.05) is 13.2 Å². The van der Waals surface area contributed by atoms with E-state index in [2.05, 4.69) is 4.72 Å². The Morgan fingerprint density at radius 1 is 1.47 bits per heavy atom. The number of hydrogen-bond acceptors (Lipinski definition) is 5. The average Bonchev–Trinajstić information content (AvgIpc) is 2.70. The highest BCUT2D eigenvalue weighted by atomic mass is 32.2. The Balaban J connectivity index is 2.98. The summed E-state index contributed by atoms with van der Waals surface area (Å²) >= 11 is 0. The molecule has 0 bridgehead atoms. The summed E-state index contributed by atoms with van der Waals surface area (Å²) in [5.41, 5.74) is -0.611. The van der Waals surface area contributed by atoms with Crippen LogP contribution in [0.1, 0.15) is 30.2 Å². The molecule has 8 heteroatoms. The molecule has 0 aliphatic carbocycles. The molecule has 0 aliphatic rings. The number of aromatic carboxylic acids is 1. The zero-order valence-corrected chi connectivity index (χ0v) is 11.7. The minimum atomic E-state index is -3.87. The highest BCUT2D eigenvalue weighted by Gasteiger charge is 2.26. The van der Waals surface area contributed by atoms with Crippen molar-refractivity contribution in [3.05, 3.63) is 17.6 Å². The Bertz CT molecular complexity index is 572. The molecule has 1 aromatic rings. The summed E-state index contributed by atoms with van der Waals surface area (Å²) in [5, 5.41) is 17.8. The maximum absolute atomic E-state index is 12.0. The van der Waals surface area contributed by atoms with Crippen molar-refractivity contribution in [3.63, 3.8) is 0 Å².